The fourth-order valence-electron chi connectivity index (χ4n) is 3.23. The summed E-state index contributed by atoms with van der Waals surface area (Å²) in [6, 6.07) is 8.50. The number of pyridine rings is 1. The smallest absolute Gasteiger partial charge is 0.227 e. The van der Waals surface area contributed by atoms with Gasteiger partial charge in [0.2, 0.25) is 5.91 Å². The van der Waals surface area contributed by atoms with E-state index in [-0.39, 0.29) is 5.91 Å². The predicted octanol–water partition coefficient (Wildman–Crippen LogP) is 4.18. The summed E-state index contributed by atoms with van der Waals surface area (Å²) in [6.45, 7) is 4.82. The first-order valence-electron chi connectivity index (χ1n) is 8.77. The molecule has 0 aliphatic heterocycles. The van der Waals surface area contributed by atoms with Crippen LogP contribution in [-0.2, 0) is 17.8 Å². The quantitative estimate of drug-likeness (QED) is 0.703. The SMILES string of the molecule is Cc1cc2occ(CC(=O)N(Cc3ccncc3)C3CC3)c2cc1C. The van der Waals surface area contributed by atoms with Crippen LogP contribution in [0.15, 0.2) is 47.3 Å². The Hall–Kier alpha value is -2.62. The van der Waals surface area contributed by atoms with Gasteiger partial charge in [-0.15, -0.1) is 0 Å². The van der Waals surface area contributed by atoms with Gasteiger partial charge in [0.25, 0.3) is 0 Å². The fraction of sp³-hybridized carbons (Fsp3) is 0.333. The Balaban J connectivity index is 1.56. The van der Waals surface area contributed by atoms with E-state index in [9.17, 15) is 4.79 Å². The Morgan fingerprint density at radius 2 is 1.92 bits per heavy atom. The van der Waals surface area contributed by atoms with Crippen LogP contribution in [0.2, 0.25) is 0 Å². The molecule has 25 heavy (non-hydrogen) atoms. The van der Waals surface area contributed by atoms with Crippen molar-refractivity contribution in [1.29, 1.82) is 0 Å². The Morgan fingerprint density at radius 3 is 2.64 bits per heavy atom. The molecule has 2 heterocycles. The van der Waals surface area contributed by atoms with Crippen molar-refractivity contribution in [2.24, 2.45) is 0 Å². The second-order valence-electron chi connectivity index (χ2n) is 6.98. The van der Waals surface area contributed by atoms with E-state index in [4.69, 9.17) is 4.42 Å². The van der Waals surface area contributed by atoms with Crippen molar-refractivity contribution in [2.75, 3.05) is 0 Å². The lowest BCUT2D eigenvalue weighted by molar-refractivity contribution is -0.131. The summed E-state index contributed by atoms with van der Waals surface area (Å²) >= 11 is 0. The Bertz CT molecular complexity index is 910. The third-order valence-electron chi connectivity index (χ3n) is 5.02. The number of amides is 1. The number of hydrogen-bond donors (Lipinski definition) is 0. The highest BCUT2D eigenvalue weighted by Gasteiger charge is 2.32. The van der Waals surface area contributed by atoms with E-state index in [1.165, 1.54) is 11.1 Å². The van der Waals surface area contributed by atoms with Gasteiger partial charge < -0.3 is 9.32 Å². The van der Waals surface area contributed by atoms with Crippen LogP contribution in [0.4, 0.5) is 0 Å². The van der Waals surface area contributed by atoms with E-state index in [2.05, 4.69) is 24.9 Å². The topological polar surface area (TPSA) is 46.3 Å². The van der Waals surface area contributed by atoms with Crippen molar-refractivity contribution in [1.82, 2.24) is 9.88 Å². The average Bonchev–Trinajstić information content (AvgIpc) is 3.38. The van der Waals surface area contributed by atoms with Crippen LogP contribution in [0.1, 0.15) is 35.1 Å². The average molecular weight is 334 g/mol. The zero-order valence-electron chi connectivity index (χ0n) is 14.7. The molecule has 1 aromatic carbocycles. The number of carbonyl (C=O) groups excluding carboxylic acids is 1. The van der Waals surface area contributed by atoms with Gasteiger partial charge in [-0.3, -0.25) is 9.78 Å². The first kappa shape index (κ1) is 15.9. The molecule has 2 aromatic heterocycles. The second kappa shape index (κ2) is 6.36. The molecule has 1 aliphatic carbocycles. The summed E-state index contributed by atoms with van der Waals surface area (Å²) in [6.07, 6.45) is 7.87. The number of aromatic nitrogens is 1. The summed E-state index contributed by atoms with van der Waals surface area (Å²) in [5.41, 5.74) is 5.38. The Morgan fingerprint density at radius 1 is 1.20 bits per heavy atom. The minimum atomic E-state index is 0.167. The summed E-state index contributed by atoms with van der Waals surface area (Å²) in [5, 5.41) is 1.05. The van der Waals surface area contributed by atoms with Crippen molar-refractivity contribution in [3.63, 3.8) is 0 Å². The Kier molecular flexibility index (Phi) is 4.04. The summed E-state index contributed by atoms with van der Waals surface area (Å²) in [4.78, 5) is 19.0. The largest absolute Gasteiger partial charge is 0.464 e. The van der Waals surface area contributed by atoms with Crippen LogP contribution in [0, 0.1) is 13.8 Å². The van der Waals surface area contributed by atoms with Gasteiger partial charge in [0.15, 0.2) is 0 Å². The molecule has 1 aliphatic rings. The summed E-state index contributed by atoms with van der Waals surface area (Å²) in [5.74, 6) is 0.167. The molecule has 0 unspecified atom stereocenters. The lowest BCUT2D eigenvalue weighted by atomic mass is 10.0. The van der Waals surface area contributed by atoms with Crippen molar-refractivity contribution in [3.8, 4) is 0 Å². The zero-order chi connectivity index (χ0) is 17.4. The van der Waals surface area contributed by atoms with Crippen LogP contribution in [-0.4, -0.2) is 21.8 Å². The third-order valence-corrected chi connectivity index (χ3v) is 5.02. The molecule has 1 fully saturated rings. The van der Waals surface area contributed by atoms with Gasteiger partial charge in [-0.1, -0.05) is 0 Å². The van der Waals surface area contributed by atoms with E-state index in [1.807, 2.05) is 23.1 Å². The van der Waals surface area contributed by atoms with Crippen molar-refractivity contribution in [3.05, 3.63) is 65.2 Å². The molecular weight excluding hydrogens is 312 g/mol. The maximum Gasteiger partial charge on any atom is 0.227 e. The second-order valence-corrected chi connectivity index (χ2v) is 6.98. The van der Waals surface area contributed by atoms with E-state index < -0.39 is 0 Å². The van der Waals surface area contributed by atoms with Gasteiger partial charge >= 0.3 is 0 Å². The van der Waals surface area contributed by atoms with Crippen LogP contribution in [0.3, 0.4) is 0 Å². The summed E-state index contributed by atoms with van der Waals surface area (Å²) in [7, 11) is 0. The number of aryl methyl sites for hydroxylation is 2. The minimum absolute atomic E-state index is 0.167. The van der Waals surface area contributed by atoms with E-state index >= 15 is 0 Å². The molecule has 0 radical (unpaired) electrons. The van der Waals surface area contributed by atoms with Crippen molar-refractivity contribution < 1.29 is 9.21 Å². The highest BCUT2D eigenvalue weighted by atomic mass is 16.3. The van der Waals surface area contributed by atoms with Crippen LogP contribution in [0.5, 0.6) is 0 Å². The maximum atomic E-state index is 13.0. The first-order valence-corrected chi connectivity index (χ1v) is 8.77. The maximum absolute atomic E-state index is 13.0. The number of benzene rings is 1. The molecular formula is C21H22N2O2. The molecule has 0 saturated heterocycles. The van der Waals surface area contributed by atoms with Crippen molar-refractivity contribution in [2.45, 2.75) is 45.7 Å². The number of nitrogens with zero attached hydrogens (tertiary/aromatic N) is 2. The molecule has 4 nitrogen and oxygen atoms in total. The van der Waals surface area contributed by atoms with Crippen LogP contribution >= 0.6 is 0 Å². The van der Waals surface area contributed by atoms with E-state index in [0.717, 1.165) is 34.9 Å². The predicted molar refractivity (Wildman–Crippen MR) is 97.2 cm³/mol. The van der Waals surface area contributed by atoms with Gasteiger partial charge in [-0.25, -0.2) is 0 Å². The third kappa shape index (κ3) is 3.29. The molecule has 1 saturated carbocycles. The molecule has 4 heteroatoms. The van der Waals surface area contributed by atoms with Crippen LogP contribution in [0.25, 0.3) is 11.0 Å². The number of rotatable bonds is 5. The molecule has 0 bridgehead atoms. The van der Waals surface area contributed by atoms with E-state index in [1.54, 1.807) is 18.7 Å². The molecule has 3 aromatic rings. The van der Waals surface area contributed by atoms with Gasteiger partial charge in [0.05, 0.1) is 12.7 Å². The lowest BCUT2D eigenvalue weighted by Gasteiger charge is -2.22. The summed E-state index contributed by atoms with van der Waals surface area (Å²) < 4.78 is 5.68. The molecule has 0 N–H and O–H groups in total. The normalized spacial score (nSPS) is 14.0. The number of hydrogen-bond acceptors (Lipinski definition) is 3. The monoisotopic (exact) mass is 334 g/mol. The number of furan rings is 1. The number of fused-ring (bicyclic) bond motifs is 1. The minimum Gasteiger partial charge on any atom is -0.464 e. The van der Waals surface area contributed by atoms with Gasteiger partial charge in [-0.2, -0.15) is 0 Å². The fourth-order valence-corrected chi connectivity index (χ4v) is 3.23. The van der Waals surface area contributed by atoms with Crippen LogP contribution < -0.4 is 0 Å². The first-order chi connectivity index (χ1) is 12.1. The zero-order valence-corrected chi connectivity index (χ0v) is 14.7. The molecule has 128 valence electrons. The van der Waals surface area contributed by atoms with E-state index in [0.29, 0.717) is 19.0 Å². The van der Waals surface area contributed by atoms with Gasteiger partial charge in [0.1, 0.15) is 5.58 Å². The number of carbonyl (C=O) groups is 1. The van der Waals surface area contributed by atoms with Crippen molar-refractivity contribution >= 4 is 16.9 Å². The highest BCUT2D eigenvalue weighted by Crippen LogP contribution is 2.30. The molecule has 0 atom stereocenters. The standard InChI is InChI=1S/C21H22N2O2/c1-14-9-19-17(13-25-20(19)10-15(14)2)11-21(24)23(18-3-4-18)12-16-5-7-22-8-6-16/h5-10,13,18H,3-4,11-12H2,1-2H3. The highest BCUT2D eigenvalue weighted by molar-refractivity contribution is 5.88. The Labute approximate surface area is 147 Å². The van der Waals surface area contributed by atoms with Gasteiger partial charge in [0, 0.05) is 35.9 Å². The molecule has 4 rings (SSSR count). The van der Waals surface area contributed by atoms with Gasteiger partial charge in [-0.05, 0) is 67.6 Å². The molecule has 1 amide bonds. The lowest BCUT2D eigenvalue weighted by Crippen LogP contribution is -2.33. The molecule has 0 spiro atoms.